The first-order valence-corrected chi connectivity index (χ1v) is 15.2. The van der Waals surface area contributed by atoms with Crippen LogP contribution in [0.3, 0.4) is 0 Å². The van der Waals surface area contributed by atoms with Crippen molar-refractivity contribution in [2.45, 2.75) is 63.8 Å². The van der Waals surface area contributed by atoms with Crippen LogP contribution in [0.5, 0.6) is 0 Å². The molecule has 1 aliphatic carbocycles. The molecule has 0 aromatic heterocycles. The molecule has 1 saturated heterocycles. The van der Waals surface area contributed by atoms with Crippen LogP contribution in [0.25, 0.3) is 0 Å². The molecule has 2 N–H and O–H groups in total. The third-order valence-electron chi connectivity index (χ3n) is 8.14. The molecule has 2 aromatic carbocycles. The van der Waals surface area contributed by atoms with Crippen molar-refractivity contribution in [3.63, 3.8) is 0 Å². The number of nitrogens with zero attached hydrogens (tertiary/aromatic N) is 1. The number of hydrogen-bond donors (Lipinski definition) is 2. The Bertz CT molecular complexity index is 1170. The molecule has 1 unspecified atom stereocenters. The molecule has 0 bridgehead atoms. The summed E-state index contributed by atoms with van der Waals surface area (Å²) >= 11 is 2.02. The summed E-state index contributed by atoms with van der Waals surface area (Å²) in [6.07, 6.45) is 11.9. The Labute approximate surface area is 227 Å². The van der Waals surface area contributed by atoms with Gasteiger partial charge in [-0.25, -0.2) is 0 Å². The topological polar surface area (TPSA) is 36.4 Å². The number of thioether (sulfide) groups is 1. The smallest absolute Gasteiger partial charge is 0.0955 e. The third kappa shape index (κ3) is 5.75. The van der Waals surface area contributed by atoms with Gasteiger partial charge < -0.3 is 10.7 Å². The number of fused-ring (bicyclic) bond motifs is 1. The van der Waals surface area contributed by atoms with Crippen molar-refractivity contribution in [2.75, 3.05) is 18.1 Å². The summed E-state index contributed by atoms with van der Waals surface area (Å²) in [6, 6.07) is 20.3. The largest absolute Gasteiger partial charge is 0.384 e. The fraction of sp³-hybridized carbons (Fsp3) is 0.424. The van der Waals surface area contributed by atoms with Gasteiger partial charge in [-0.05, 0) is 41.5 Å². The maximum atomic E-state index is 4.75. The Kier molecular flexibility index (Phi) is 8.24. The number of nitrogens with one attached hydrogen (secondary N) is 2. The average Bonchev–Trinajstić information content (AvgIpc) is 3.33. The van der Waals surface area contributed by atoms with Crippen LogP contribution in [0.15, 0.2) is 95.3 Å². The summed E-state index contributed by atoms with van der Waals surface area (Å²) in [5.41, 5.74) is 12.2. The average molecular weight is 512 g/mol. The molecule has 2 aromatic rings. The predicted octanol–water partition coefficient (Wildman–Crippen LogP) is 7.17. The molecule has 194 valence electrons. The van der Waals surface area contributed by atoms with Crippen molar-refractivity contribution < 1.29 is 0 Å². The van der Waals surface area contributed by atoms with Gasteiger partial charge in [0.2, 0.25) is 0 Å². The third-order valence-corrected chi connectivity index (χ3v) is 9.66. The van der Waals surface area contributed by atoms with Crippen LogP contribution in [0.1, 0.15) is 62.6 Å². The van der Waals surface area contributed by atoms with Gasteiger partial charge in [0.1, 0.15) is 0 Å². The van der Waals surface area contributed by atoms with Crippen molar-refractivity contribution in [1.29, 1.82) is 0 Å². The van der Waals surface area contributed by atoms with E-state index in [4.69, 9.17) is 5.10 Å². The SMILES string of the molecule is C=C(NCC1(c2ccccc2)CSC1)C1=CCC2NN=C(c3ccc(CC(CCC)CCC)cc3)C2=C1. The van der Waals surface area contributed by atoms with Gasteiger partial charge in [-0.3, -0.25) is 0 Å². The number of allylic oxidation sites excluding steroid dienone is 1. The zero-order valence-corrected chi connectivity index (χ0v) is 23.2. The van der Waals surface area contributed by atoms with Crippen LogP contribution in [0.2, 0.25) is 0 Å². The minimum atomic E-state index is 0.205. The molecule has 0 spiro atoms. The summed E-state index contributed by atoms with van der Waals surface area (Å²) in [5.74, 6) is 3.12. The van der Waals surface area contributed by atoms with E-state index in [9.17, 15) is 0 Å². The molecule has 0 saturated carbocycles. The highest BCUT2D eigenvalue weighted by molar-refractivity contribution is 8.00. The molecule has 0 radical (unpaired) electrons. The molecule has 4 heteroatoms. The standard InChI is InChI=1S/C33H41N3S/c1-4-9-25(10-5-2)19-26-13-15-27(16-14-26)32-30-20-28(17-18-31(30)35-36-32)24(3)34-21-33(22-37-23-33)29-11-7-6-8-12-29/h6-8,11-17,20,25,31,34-35H,3-5,9-10,18-19,21-23H2,1-2H3. The molecule has 37 heavy (non-hydrogen) atoms. The van der Waals surface area contributed by atoms with Crippen LogP contribution >= 0.6 is 11.8 Å². The van der Waals surface area contributed by atoms with Crippen LogP contribution in [-0.4, -0.2) is 29.8 Å². The summed E-state index contributed by atoms with van der Waals surface area (Å²) in [6.45, 7) is 9.94. The second-order valence-corrected chi connectivity index (χ2v) is 11.9. The van der Waals surface area contributed by atoms with Gasteiger partial charge in [-0.1, -0.05) is 107 Å². The molecule has 0 amide bonds. The van der Waals surface area contributed by atoms with Gasteiger partial charge in [0.05, 0.1) is 11.8 Å². The zero-order valence-electron chi connectivity index (χ0n) is 22.4. The normalized spacial score (nSPS) is 19.8. The molecule has 2 heterocycles. The van der Waals surface area contributed by atoms with Gasteiger partial charge in [-0.2, -0.15) is 16.9 Å². The van der Waals surface area contributed by atoms with E-state index in [1.165, 1.54) is 59.9 Å². The van der Waals surface area contributed by atoms with Crippen molar-refractivity contribution in [3.05, 3.63) is 107 Å². The highest BCUT2D eigenvalue weighted by Gasteiger charge is 2.39. The van der Waals surface area contributed by atoms with Crippen LogP contribution in [0.4, 0.5) is 0 Å². The van der Waals surface area contributed by atoms with Gasteiger partial charge in [0.25, 0.3) is 0 Å². The van der Waals surface area contributed by atoms with Crippen molar-refractivity contribution in [1.82, 2.24) is 10.7 Å². The maximum absolute atomic E-state index is 4.75. The first-order chi connectivity index (χ1) is 18.1. The summed E-state index contributed by atoms with van der Waals surface area (Å²) in [5, 5.41) is 8.45. The molecule has 1 fully saturated rings. The van der Waals surface area contributed by atoms with E-state index in [0.717, 1.165) is 41.8 Å². The molecular weight excluding hydrogens is 470 g/mol. The molecule has 1 atom stereocenters. The minimum Gasteiger partial charge on any atom is -0.384 e. The van der Waals surface area contributed by atoms with Crippen LogP contribution < -0.4 is 10.7 Å². The fourth-order valence-corrected chi connectivity index (χ4v) is 7.12. The van der Waals surface area contributed by atoms with Crippen molar-refractivity contribution in [2.24, 2.45) is 11.0 Å². The van der Waals surface area contributed by atoms with E-state index in [2.05, 4.69) is 97.9 Å². The van der Waals surface area contributed by atoms with Gasteiger partial charge >= 0.3 is 0 Å². The maximum Gasteiger partial charge on any atom is 0.0955 e. The Morgan fingerprint density at radius 1 is 1.08 bits per heavy atom. The summed E-state index contributed by atoms with van der Waals surface area (Å²) < 4.78 is 0. The van der Waals surface area contributed by atoms with E-state index in [1.807, 2.05) is 11.8 Å². The van der Waals surface area contributed by atoms with Crippen LogP contribution in [0, 0.1) is 5.92 Å². The highest BCUT2D eigenvalue weighted by atomic mass is 32.2. The number of hydrogen-bond acceptors (Lipinski definition) is 4. The van der Waals surface area contributed by atoms with Gasteiger partial charge in [0, 0.05) is 40.3 Å². The lowest BCUT2D eigenvalue weighted by Crippen LogP contribution is -2.48. The first kappa shape index (κ1) is 25.9. The second-order valence-electron chi connectivity index (χ2n) is 11.0. The Morgan fingerprint density at radius 2 is 1.81 bits per heavy atom. The Morgan fingerprint density at radius 3 is 2.46 bits per heavy atom. The monoisotopic (exact) mass is 511 g/mol. The van der Waals surface area contributed by atoms with Crippen molar-refractivity contribution >= 4 is 17.5 Å². The van der Waals surface area contributed by atoms with E-state index >= 15 is 0 Å². The number of rotatable bonds is 12. The van der Waals surface area contributed by atoms with E-state index in [0.29, 0.717) is 0 Å². The lowest BCUT2D eigenvalue weighted by molar-refractivity contribution is 0.438. The highest BCUT2D eigenvalue weighted by Crippen LogP contribution is 2.40. The fourth-order valence-electron chi connectivity index (χ4n) is 5.89. The Hall–Kier alpha value is -2.72. The second kappa shape index (κ2) is 11.8. The summed E-state index contributed by atoms with van der Waals surface area (Å²) in [7, 11) is 0. The van der Waals surface area contributed by atoms with Crippen molar-refractivity contribution in [3.8, 4) is 0 Å². The number of hydrazone groups is 1. The minimum absolute atomic E-state index is 0.205. The lowest BCUT2D eigenvalue weighted by Gasteiger charge is -2.42. The molecule has 3 aliphatic rings. The lowest BCUT2D eigenvalue weighted by atomic mass is 9.83. The Balaban J connectivity index is 1.24. The molecule has 5 rings (SSSR count). The molecular formula is C33H41N3S. The quantitative estimate of drug-likeness (QED) is 0.317. The number of benzene rings is 2. The van der Waals surface area contributed by atoms with E-state index in [1.54, 1.807) is 0 Å². The van der Waals surface area contributed by atoms with E-state index in [-0.39, 0.29) is 11.5 Å². The zero-order chi connectivity index (χ0) is 25.7. The van der Waals surface area contributed by atoms with E-state index < -0.39 is 0 Å². The predicted molar refractivity (Wildman–Crippen MR) is 160 cm³/mol. The van der Waals surface area contributed by atoms with Crippen LogP contribution in [-0.2, 0) is 11.8 Å². The van der Waals surface area contributed by atoms with Gasteiger partial charge in [0.15, 0.2) is 0 Å². The van der Waals surface area contributed by atoms with Gasteiger partial charge in [-0.15, -0.1) is 0 Å². The summed E-state index contributed by atoms with van der Waals surface area (Å²) in [4.78, 5) is 0. The molecule has 3 nitrogen and oxygen atoms in total. The first-order valence-electron chi connectivity index (χ1n) is 14.0. The molecule has 2 aliphatic heterocycles.